The van der Waals surface area contributed by atoms with Crippen LogP contribution in [-0.2, 0) is 20.7 Å². The number of aryl methyl sites for hydroxylation is 1. The van der Waals surface area contributed by atoms with Crippen LogP contribution in [-0.4, -0.2) is 48.8 Å². The fourth-order valence-electron chi connectivity index (χ4n) is 4.27. The summed E-state index contributed by atoms with van der Waals surface area (Å²) < 4.78 is 31.6. The Hall–Kier alpha value is -2.48. The second-order valence-electron chi connectivity index (χ2n) is 8.75. The third kappa shape index (κ3) is 5.65. The molecule has 174 valence electrons. The molecule has 1 aliphatic heterocycles. The van der Waals surface area contributed by atoms with Crippen molar-refractivity contribution in [3.05, 3.63) is 53.3 Å². The first kappa shape index (κ1) is 24.2. The Labute approximate surface area is 188 Å². The molecule has 0 radical (unpaired) electrons. The summed E-state index contributed by atoms with van der Waals surface area (Å²) in [5.41, 5.74) is 2.67. The Kier molecular flexibility index (Phi) is 7.54. The lowest BCUT2D eigenvalue weighted by molar-refractivity contribution is -0.264. The number of hydrogen-bond donors (Lipinski definition) is 2. The maximum absolute atomic E-state index is 13.9. The Morgan fingerprint density at radius 1 is 1.31 bits per heavy atom. The molecule has 2 unspecified atom stereocenters. The zero-order valence-electron chi connectivity index (χ0n) is 19.3. The topological polar surface area (TPSA) is 77.0 Å². The zero-order chi connectivity index (χ0) is 23.5. The van der Waals surface area contributed by atoms with Crippen molar-refractivity contribution < 1.29 is 28.5 Å². The highest BCUT2D eigenvalue weighted by atomic mass is 19.1. The van der Waals surface area contributed by atoms with Crippen LogP contribution in [0.5, 0.6) is 5.75 Å². The number of carbonyl (C=O) groups is 1. The third-order valence-electron chi connectivity index (χ3n) is 5.72. The van der Waals surface area contributed by atoms with Gasteiger partial charge in [-0.05, 0) is 67.6 Å². The fraction of sp³-hybridized carbons (Fsp3) is 0.480. The summed E-state index contributed by atoms with van der Waals surface area (Å²) in [4.78, 5) is 11.3. The minimum absolute atomic E-state index is 0.0982. The highest BCUT2D eigenvalue weighted by Gasteiger charge is 2.44. The normalized spacial score (nSPS) is 22.4. The molecule has 2 aromatic carbocycles. The van der Waals surface area contributed by atoms with Gasteiger partial charge in [0.25, 0.3) is 0 Å². The number of ether oxygens (including phenoxy) is 3. The van der Waals surface area contributed by atoms with Crippen molar-refractivity contribution in [3.63, 3.8) is 0 Å². The molecule has 32 heavy (non-hydrogen) atoms. The van der Waals surface area contributed by atoms with Gasteiger partial charge in [-0.15, -0.1) is 0 Å². The maximum atomic E-state index is 13.9. The molecule has 0 aliphatic carbocycles. The summed E-state index contributed by atoms with van der Waals surface area (Å²) >= 11 is 0. The van der Waals surface area contributed by atoms with Gasteiger partial charge in [-0.25, -0.2) is 4.39 Å². The van der Waals surface area contributed by atoms with Gasteiger partial charge < -0.3 is 24.6 Å². The SMILES string of the molecule is CO[C@@H]1C(O)CC(Oc2cc(-c3cccc(F)c3)c(CCNC(C)=O)cc2C)OC1(C)C. The Balaban J connectivity index is 1.91. The van der Waals surface area contributed by atoms with Crippen LogP contribution < -0.4 is 10.1 Å². The molecular formula is C25H32FNO5. The molecule has 1 fully saturated rings. The molecule has 1 amide bonds. The minimum atomic E-state index is -0.728. The molecule has 1 aliphatic rings. The van der Waals surface area contributed by atoms with Crippen molar-refractivity contribution in [2.24, 2.45) is 0 Å². The highest BCUT2D eigenvalue weighted by Crippen LogP contribution is 2.36. The fourth-order valence-corrected chi connectivity index (χ4v) is 4.27. The van der Waals surface area contributed by atoms with Gasteiger partial charge >= 0.3 is 0 Å². The van der Waals surface area contributed by atoms with E-state index in [4.69, 9.17) is 14.2 Å². The lowest BCUT2D eigenvalue weighted by atomic mass is 9.91. The van der Waals surface area contributed by atoms with Crippen LogP contribution >= 0.6 is 0 Å². The van der Waals surface area contributed by atoms with Gasteiger partial charge in [-0.1, -0.05) is 18.2 Å². The predicted octanol–water partition coefficient (Wildman–Crippen LogP) is 3.76. The summed E-state index contributed by atoms with van der Waals surface area (Å²) in [6.07, 6.45) is -0.985. The lowest BCUT2D eigenvalue weighted by Gasteiger charge is -2.44. The summed E-state index contributed by atoms with van der Waals surface area (Å²) in [6.45, 7) is 7.59. The van der Waals surface area contributed by atoms with Crippen LogP contribution in [0.1, 0.15) is 38.3 Å². The van der Waals surface area contributed by atoms with E-state index in [1.165, 1.54) is 19.1 Å². The van der Waals surface area contributed by atoms with Gasteiger partial charge in [0.1, 0.15) is 17.7 Å². The average molecular weight is 446 g/mol. The first-order valence-corrected chi connectivity index (χ1v) is 10.8. The molecule has 3 atom stereocenters. The second kappa shape index (κ2) is 9.98. The number of hydrogen-bond acceptors (Lipinski definition) is 5. The summed E-state index contributed by atoms with van der Waals surface area (Å²) in [7, 11) is 1.55. The van der Waals surface area contributed by atoms with Crippen LogP contribution in [0.15, 0.2) is 36.4 Å². The summed E-state index contributed by atoms with van der Waals surface area (Å²) in [5, 5.41) is 13.3. The van der Waals surface area contributed by atoms with Gasteiger partial charge in [0.2, 0.25) is 12.2 Å². The van der Waals surface area contributed by atoms with E-state index in [-0.39, 0.29) is 18.1 Å². The molecular weight excluding hydrogens is 413 g/mol. The van der Waals surface area contributed by atoms with Crippen molar-refractivity contribution in [3.8, 4) is 16.9 Å². The van der Waals surface area contributed by atoms with E-state index in [9.17, 15) is 14.3 Å². The van der Waals surface area contributed by atoms with E-state index in [0.717, 1.165) is 22.3 Å². The van der Waals surface area contributed by atoms with Crippen LogP contribution in [0.2, 0.25) is 0 Å². The molecule has 0 spiro atoms. The smallest absolute Gasteiger partial charge is 0.216 e. The van der Waals surface area contributed by atoms with Crippen molar-refractivity contribution in [1.82, 2.24) is 5.32 Å². The molecule has 2 N–H and O–H groups in total. The number of aliphatic hydroxyl groups is 1. The standard InChI is InChI=1S/C25H32FNO5/c1-15-11-18(9-10-27-16(2)28)20(17-7-6-8-19(26)12-17)13-22(15)31-23-14-21(29)24(30-5)25(3,4)32-23/h6-8,11-13,21,23-24,29H,9-10,14H2,1-5H3,(H,27,28)/t21?,23?,24-/m1/s1. The van der Waals surface area contributed by atoms with Gasteiger partial charge in [0, 0.05) is 27.0 Å². The van der Waals surface area contributed by atoms with Crippen molar-refractivity contribution >= 4 is 5.91 Å². The van der Waals surface area contributed by atoms with Crippen molar-refractivity contribution in [1.29, 1.82) is 0 Å². The Bertz CT molecular complexity index is 961. The number of amides is 1. The molecule has 0 aromatic heterocycles. The second-order valence-corrected chi connectivity index (χ2v) is 8.75. The number of carbonyl (C=O) groups excluding carboxylic acids is 1. The molecule has 2 aromatic rings. The third-order valence-corrected chi connectivity index (χ3v) is 5.72. The van der Waals surface area contributed by atoms with E-state index in [2.05, 4.69) is 5.32 Å². The largest absolute Gasteiger partial charge is 0.465 e. The molecule has 3 rings (SSSR count). The highest BCUT2D eigenvalue weighted by molar-refractivity contribution is 5.73. The molecule has 7 heteroatoms. The van der Waals surface area contributed by atoms with Gasteiger partial charge in [-0.2, -0.15) is 0 Å². The van der Waals surface area contributed by atoms with Crippen LogP contribution in [0.25, 0.3) is 11.1 Å². The van der Waals surface area contributed by atoms with Gasteiger partial charge in [0.05, 0.1) is 11.7 Å². The molecule has 6 nitrogen and oxygen atoms in total. The zero-order valence-corrected chi connectivity index (χ0v) is 19.3. The molecule has 1 saturated heterocycles. The maximum Gasteiger partial charge on any atom is 0.216 e. The lowest BCUT2D eigenvalue weighted by Crippen LogP contribution is -2.56. The number of benzene rings is 2. The summed E-state index contributed by atoms with van der Waals surface area (Å²) in [6, 6.07) is 10.2. The molecule has 0 bridgehead atoms. The van der Waals surface area contributed by atoms with Crippen molar-refractivity contribution in [2.75, 3.05) is 13.7 Å². The molecule has 1 heterocycles. The Morgan fingerprint density at radius 2 is 2.06 bits per heavy atom. The number of halogens is 1. The number of methoxy groups -OCH3 is 1. The minimum Gasteiger partial charge on any atom is -0.465 e. The van der Waals surface area contributed by atoms with E-state index in [1.807, 2.05) is 39.0 Å². The predicted molar refractivity (Wildman–Crippen MR) is 120 cm³/mol. The average Bonchev–Trinajstić information content (AvgIpc) is 2.68. The first-order valence-electron chi connectivity index (χ1n) is 10.8. The number of rotatable bonds is 7. The monoisotopic (exact) mass is 445 g/mol. The first-order chi connectivity index (χ1) is 15.1. The van der Waals surface area contributed by atoms with E-state index < -0.39 is 24.1 Å². The van der Waals surface area contributed by atoms with Crippen LogP contribution in [0.4, 0.5) is 4.39 Å². The van der Waals surface area contributed by atoms with Gasteiger partial charge in [0.15, 0.2) is 0 Å². The van der Waals surface area contributed by atoms with E-state index in [1.54, 1.807) is 13.2 Å². The van der Waals surface area contributed by atoms with E-state index >= 15 is 0 Å². The molecule has 0 saturated carbocycles. The number of nitrogens with one attached hydrogen (secondary N) is 1. The quantitative estimate of drug-likeness (QED) is 0.679. The number of aliphatic hydroxyl groups excluding tert-OH is 1. The Morgan fingerprint density at radius 3 is 2.69 bits per heavy atom. The van der Waals surface area contributed by atoms with Gasteiger partial charge in [-0.3, -0.25) is 4.79 Å². The van der Waals surface area contributed by atoms with Crippen molar-refractivity contribution in [2.45, 2.75) is 64.6 Å². The van der Waals surface area contributed by atoms with Crippen LogP contribution in [0, 0.1) is 12.7 Å². The van der Waals surface area contributed by atoms with E-state index in [0.29, 0.717) is 18.7 Å². The van der Waals surface area contributed by atoms with Crippen LogP contribution in [0.3, 0.4) is 0 Å². The summed E-state index contributed by atoms with van der Waals surface area (Å²) in [5.74, 6) is 0.166.